The topological polar surface area (TPSA) is 64.1 Å². The van der Waals surface area contributed by atoms with Crippen molar-refractivity contribution in [2.75, 3.05) is 0 Å². The van der Waals surface area contributed by atoms with Crippen molar-refractivity contribution in [3.8, 4) is 22.8 Å². The maximum Gasteiger partial charge on any atom is 0.156 e. The largest absolute Gasteiger partial charge is 0.463 e. The minimum absolute atomic E-state index is 0.510. The molecule has 0 atom stereocenters. The van der Waals surface area contributed by atoms with Crippen LogP contribution in [-0.2, 0) is 0 Å². The molecule has 0 radical (unpaired) electrons. The lowest BCUT2D eigenvalue weighted by Gasteiger charge is -2.13. The van der Waals surface area contributed by atoms with Crippen LogP contribution >= 0.6 is 0 Å². The maximum atomic E-state index is 10.4. The molecule has 0 bridgehead atoms. The molecule has 0 aliphatic carbocycles. The predicted molar refractivity (Wildman–Crippen MR) is 69.0 cm³/mol. The number of rotatable bonds is 1. The summed E-state index contributed by atoms with van der Waals surface area (Å²) in [4.78, 5) is 8.51. The van der Waals surface area contributed by atoms with Gasteiger partial charge in [0, 0.05) is 5.39 Å². The number of fused-ring (bicyclic) bond motifs is 3. The fraction of sp³-hybridized carbons (Fsp3) is 0. The Hall–Kier alpha value is -2.82. The van der Waals surface area contributed by atoms with E-state index in [2.05, 4.69) is 9.97 Å². The van der Waals surface area contributed by atoms with Gasteiger partial charge in [0.2, 0.25) is 0 Å². The summed E-state index contributed by atoms with van der Waals surface area (Å²) in [5.41, 5.74) is 2.56. The van der Waals surface area contributed by atoms with Gasteiger partial charge in [0.1, 0.15) is 17.7 Å². The van der Waals surface area contributed by atoms with E-state index in [0.717, 1.165) is 15.8 Å². The Morgan fingerprint density at radius 1 is 1.00 bits per heavy atom. The minimum Gasteiger partial charge on any atom is -0.463 e. The summed E-state index contributed by atoms with van der Waals surface area (Å²) < 4.78 is 6.48. The first-order valence-electron chi connectivity index (χ1n) is 5.83. The van der Waals surface area contributed by atoms with E-state index in [-0.39, 0.29) is 0 Å². The second-order valence-electron chi connectivity index (χ2n) is 4.23. The van der Waals surface area contributed by atoms with Gasteiger partial charge < -0.3 is 9.62 Å². The lowest BCUT2D eigenvalue weighted by atomic mass is 10.1. The Balaban J connectivity index is 2.23. The second kappa shape index (κ2) is 3.58. The summed E-state index contributed by atoms with van der Waals surface area (Å²) in [6.45, 7) is 0. The molecular formula is C14H9N3O2. The summed E-state index contributed by atoms with van der Waals surface area (Å²) in [6.07, 6.45) is 3.05. The van der Waals surface area contributed by atoms with Gasteiger partial charge in [-0.15, -0.1) is 0 Å². The molecule has 92 valence electrons. The highest BCUT2D eigenvalue weighted by atomic mass is 16.5. The quantitative estimate of drug-likeness (QED) is 0.528. The first-order valence-corrected chi connectivity index (χ1v) is 5.83. The van der Waals surface area contributed by atoms with E-state index in [1.165, 1.54) is 6.33 Å². The van der Waals surface area contributed by atoms with Gasteiger partial charge in [0.15, 0.2) is 11.5 Å². The zero-order valence-corrected chi connectivity index (χ0v) is 9.82. The molecule has 0 fully saturated rings. The van der Waals surface area contributed by atoms with E-state index < -0.39 is 0 Å². The van der Waals surface area contributed by atoms with Gasteiger partial charge in [0.25, 0.3) is 0 Å². The molecule has 5 heteroatoms. The fourth-order valence-corrected chi connectivity index (χ4v) is 2.35. The lowest BCUT2D eigenvalue weighted by Crippen LogP contribution is -2.03. The Bertz CT molecular complexity index is 833. The molecule has 5 nitrogen and oxygen atoms in total. The summed E-state index contributed by atoms with van der Waals surface area (Å²) in [7, 11) is 0. The molecule has 2 aliphatic rings. The van der Waals surface area contributed by atoms with Gasteiger partial charge in [-0.25, -0.2) is 9.97 Å². The Labute approximate surface area is 108 Å². The van der Waals surface area contributed by atoms with Gasteiger partial charge in [-0.1, -0.05) is 18.2 Å². The van der Waals surface area contributed by atoms with E-state index in [1.54, 1.807) is 18.4 Å². The molecule has 19 heavy (non-hydrogen) atoms. The van der Waals surface area contributed by atoms with E-state index >= 15 is 0 Å². The van der Waals surface area contributed by atoms with Crippen molar-refractivity contribution in [2.24, 2.45) is 0 Å². The molecule has 1 aromatic heterocycles. The zero-order valence-electron chi connectivity index (χ0n) is 9.82. The summed E-state index contributed by atoms with van der Waals surface area (Å²) in [5.74, 6) is 0.554. The molecule has 0 unspecified atom stereocenters. The number of hydrogen-bond donors (Lipinski definition) is 1. The average Bonchev–Trinajstić information content (AvgIpc) is 3.10. The van der Waals surface area contributed by atoms with Crippen LogP contribution in [0.25, 0.3) is 33.7 Å². The highest BCUT2D eigenvalue weighted by molar-refractivity contribution is 5.97. The number of furan rings is 1. The average molecular weight is 251 g/mol. The molecule has 4 rings (SSSR count). The highest BCUT2D eigenvalue weighted by Crippen LogP contribution is 2.36. The third kappa shape index (κ3) is 1.29. The molecule has 2 aliphatic heterocycles. The molecule has 0 amide bonds. The molecule has 0 saturated heterocycles. The summed E-state index contributed by atoms with van der Waals surface area (Å²) in [5, 5.41) is 11.3. The van der Waals surface area contributed by atoms with E-state index in [9.17, 15) is 5.21 Å². The van der Waals surface area contributed by atoms with E-state index in [4.69, 9.17) is 4.42 Å². The van der Waals surface area contributed by atoms with Crippen LogP contribution in [0.5, 0.6) is 0 Å². The van der Waals surface area contributed by atoms with Gasteiger partial charge in [-0.05, 0) is 18.2 Å². The Kier molecular flexibility index (Phi) is 1.91. The van der Waals surface area contributed by atoms with Crippen molar-refractivity contribution in [1.82, 2.24) is 14.7 Å². The maximum absolute atomic E-state index is 10.4. The van der Waals surface area contributed by atoms with E-state index in [1.807, 2.05) is 24.3 Å². The van der Waals surface area contributed by atoms with Crippen molar-refractivity contribution >= 4 is 10.9 Å². The standard InChI is InChI=1S/C14H9N3O2/c18-17-10-5-2-1-4-9(10)12-13(16-8-15-12)14(17)11-6-3-7-19-11/h1-8,18H. The highest BCUT2D eigenvalue weighted by Gasteiger charge is 2.23. The first kappa shape index (κ1) is 10.1. The van der Waals surface area contributed by atoms with Crippen molar-refractivity contribution in [2.45, 2.75) is 0 Å². The zero-order chi connectivity index (χ0) is 12.8. The number of hydrogen-bond acceptors (Lipinski definition) is 4. The van der Waals surface area contributed by atoms with Crippen molar-refractivity contribution in [1.29, 1.82) is 0 Å². The van der Waals surface area contributed by atoms with Crippen molar-refractivity contribution in [3.05, 3.63) is 49.0 Å². The molecule has 0 saturated carbocycles. The fourth-order valence-electron chi connectivity index (χ4n) is 2.35. The first-order chi connectivity index (χ1) is 9.36. The normalized spacial score (nSPS) is 11.4. The summed E-state index contributed by atoms with van der Waals surface area (Å²) in [6, 6.07) is 11.1. The second-order valence-corrected chi connectivity index (χ2v) is 4.23. The van der Waals surface area contributed by atoms with Crippen molar-refractivity contribution in [3.63, 3.8) is 0 Å². The molecule has 1 aromatic carbocycles. The van der Waals surface area contributed by atoms with Crippen LogP contribution in [0.15, 0.2) is 53.4 Å². The lowest BCUT2D eigenvalue weighted by molar-refractivity contribution is 0.201. The minimum atomic E-state index is 0.510. The summed E-state index contributed by atoms with van der Waals surface area (Å²) >= 11 is 0. The van der Waals surface area contributed by atoms with Crippen LogP contribution in [0, 0.1) is 0 Å². The molecule has 3 heterocycles. The number of benzene rings is 1. The van der Waals surface area contributed by atoms with Crippen LogP contribution < -0.4 is 0 Å². The molecule has 0 spiro atoms. The van der Waals surface area contributed by atoms with Crippen LogP contribution in [0.1, 0.15) is 0 Å². The number of imidazole rings is 1. The number of para-hydroxylation sites is 1. The predicted octanol–water partition coefficient (Wildman–Crippen LogP) is 3.03. The van der Waals surface area contributed by atoms with Crippen LogP contribution in [0.4, 0.5) is 0 Å². The van der Waals surface area contributed by atoms with Gasteiger partial charge in [0.05, 0.1) is 11.8 Å². The monoisotopic (exact) mass is 251 g/mol. The Morgan fingerprint density at radius 2 is 1.84 bits per heavy atom. The van der Waals surface area contributed by atoms with Crippen molar-refractivity contribution < 1.29 is 9.62 Å². The number of aromatic nitrogens is 3. The van der Waals surface area contributed by atoms with Gasteiger partial charge >= 0.3 is 0 Å². The van der Waals surface area contributed by atoms with Gasteiger partial charge in [-0.3, -0.25) is 0 Å². The Morgan fingerprint density at radius 3 is 2.68 bits per heavy atom. The van der Waals surface area contributed by atoms with Crippen LogP contribution in [0.2, 0.25) is 0 Å². The molecular weight excluding hydrogens is 242 g/mol. The smallest absolute Gasteiger partial charge is 0.156 e. The number of nitrogens with zero attached hydrogens (tertiary/aromatic N) is 3. The van der Waals surface area contributed by atoms with Crippen LogP contribution in [0.3, 0.4) is 0 Å². The third-order valence-electron chi connectivity index (χ3n) is 3.18. The van der Waals surface area contributed by atoms with E-state index in [0.29, 0.717) is 22.7 Å². The van der Waals surface area contributed by atoms with Gasteiger partial charge in [-0.2, -0.15) is 4.73 Å². The SMILES string of the molecule is On1c(-c2ccco2)c2ncnc-2c2ccccc21. The molecule has 1 N–H and O–H groups in total. The number of pyridine rings is 1. The van der Waals surface area contributed by atoms with Crippen LogP contribution in [-0.4, -0.2) is 19.9 Å². The third-order valence-corrected chi connectivity index (χ3v) is 3.18. The molecule has 2 aromatic rings.